The standard InChI is InChI=1S/C12H14BrNO/c1-8-11(13)5-4-10-9(3-2-6-15)7-14-12(8)10/h4-5,7,14-15H,2-3,6H2,1H3. The first-order chi connectivity index (χ1) is 7.24. The molecule has 0 aliphatic rings. The molecule has 0 amide bonds. The van der Waals surface area contributed by atoms with Gasteiger partial charge in [0.2, 0.25) is 0 Å². The van der Waals surface area contributed by atoms with Crippen LogP contribution in [0.2, 0.25) is 0 Å². The Morgan fingerprint density at radius 1 is 1.40 bits per heavy atom. The molecule has 80 valence electrons. The maximum atomic E-state index is 8.82. The highest BCUT2D eigenvalue weighted by atomic mass is 79.9. The molecule has 1 heterocycles. The predicted octanol–water partition coefficient (Wildman–Crippen LogP) is 3.16. The van der Waals surface area contributed by atoms with Crippen LogP contribution in [-0.4, -0.2) is 16.7 Å². The molecule has 2 nitrogen and oxygen atoms in total. The lowest BCUT2D eigenvalue weighted by Gasteiger charge is -2.01. The average molecular weight is 268 g/mol. The molecule has 0 atom stereocenters. The third-order valence-corrected chi connectivity index (χ3v) is 3.60. The summed E-state index contributed by atoms with van der Waals surface area (Å²) in [4.78, 5) is 3.29. The molecule has 0 aliphatic carbocycles. The van der Waals surface area contributed by atoms with Gasteiger partial charge in [-0.05, 0) is 37.0 Å². The van der Waals surface area contributed by atoms with Crippen LogP contribution in [0.4, 0.5) is 0 Å². The number of H-pyrrole nitrogens is 1. The number of aliphatic hydroxyl groups is 1. The summed E-state index contributed by atoms with van der Waals surface area (Å²) in [5.41, 5.74) is 3.72. The lowest BCUT2D eigenvalue weighted by atomic mass is 10.1. The Morgan fingerprint density at radius 2 is 2.20 bits per heavy atom. The Balaban J connectivity index is 2.47. The average Bonchev–Trinajstić information content (AvgIpc) is 2.64. The van der Waals surface area contributed by atoms with E-state index in [1.54, 1.807) is 0 Å². The fraction of sp³-hybridized carbons (Fsp3) is 0.333. The highest BCUT2D eigenvalue weighted by Crippen LogP contribution is 2.27. The molecule has 1 aromatic carbocycles. The highest BCUT2D eigenvalue weighted by molar-refractivity contribution is 9.10. The molecule has 0 spiro atoms. The number of aromatic nitrogens is 1. The largest absolute Gasteiger partial charge is 0.396 e. The Hall–Kier alpha value is -0.800. The molecule has 1 aromatic heterocycles. The second kappa shape index (κ2) is 4.37. The van der Waals surface area contributed by atoms with Gasteiger partial charge in [-0.25, -0.2) is 0 Å². The van der Waals surface area contributed by atoms with Crippen LogP contribution in [0.5, 0.6) is 0 Å². The Labute approximate surface area is 97.4 Å². The fourth-order valence-corrected chi connectivity index (χ4v) is 2.18. The fourth-order valence-electron chi connectivity index (χ4n) is 1.85. The first-order valence-electron chi connectivity index (χ1n) is 5.10. The zero-order valence-electron chi connectivity index (χ0n) is 8.68. The number of aromatic amines is 1. The van der Waals surface area contributed by atoms with Crippen molar-refractivity contribution in [2.24, 2.45) is 0 Å². The van der Waals surface area contributed by atoms with Crippen LogP contribution in [0.15, 0.2) is 22.8 Å². The quantitative estimate of drug-likeness (QED) is 0.881. The van der Waals surface area contributed by atoms with E-state index in [2.05, 4.69) is 40.0 Å². The second-order valence-electron chi connectivity index (χ2n) is 3.74. The summed E-state index contributed by atoms with van der Waals surface area (Å²) in [6, 6.07) is 4.20. The van der Waals surface area contributed by atoms with Gasteiger partial charge in [0.1, 0.15) is 0 Å². The number of fused-ring (bicyclic) bond motifs is 1. The van der Waals surface area contributed by atoms with Crippen LogP contribution >= 0.6 is 15.9 Å². The normalized spacial score (nSPS) is 11.1. The Morgan fingerprint density at radius 3 is 2.93 bits per heavy atom. The van der Waals surface area contributed by atoms with E-state index in [-0.39, 0.29) is 6.61 Å². The van der Waals surface area contributed by atoms with E-state index >= 15 is 0 Å². The zero-order chi connectivity index (χ0) is 10.8. The Bertz CT molecular complexity index is 476. The second-order valence-corrected chi connectivity index (χ2v) is 4.59. The third-order valence-electron chi connectivity index (χ3n) is 2.74. The van der Waals surface area contributed by atoms with Crippen molar-refractivity contribution in [3.05, 3.63) is 33.9 Å². The van der Waals surface area contributed by atoms with Crippen molar-refractivity contribution < 1.29 is 5.11 Å². The number of halogens is 1. The minimum Gasteiger partial charge on any atom is -0.396 e. The predicted molar refractivity (Wildman–Crippen MR) is 66.1 cm³/mol. The summed E-state index contributed by atoms with van der Waals surface area (Å²) in [5.74, 6) is 0. The highest BCUT2D eigenvalue weighted by Gasteiger charge is 2.07. The van der Waals surface area contributed by atoms with Gasteiger partial charge in [0.25, 0.3) is 0 Å². The lowest BCUT2D eigenvalue weighted by Crippen LogP contribution is -1.87. The van der Waals surface area contributed by atoms with E-state index in [0.717, 1.165) is 17.3 Å². The van der Waals surface area contributed by atoms with Crippen LogP contribution in [0.1, 0.15) is 17.5 Å². The summed E-state index contributed by atoms with van der Waals surface area (Å²) in [5, 5.41) is 10.1. The van der Waals surface area contributed by atoms with Gasteiger partial charge in [-0.15, -0.1) is 0 Å². The summed E-state index contributed by atoms with van der Waals surface area (Å²) >= 11 is 3.52. The molecule has 0 saturated carbocycles. The number of nitrogens with one attached hydrogen (secondary N) is 1. The first-order valence-corrected chi connectivity index (χ1v) is 5.89. The number of aliphatic hydroxyl groups excluding tert-OH is 1. The monoisotopic (exact) mass is 267 g/mol. The molecule has 2 aromatic rings. The summed E-state index contributed by atoms with van der Waals surface area (Å²) in [7, 11) is 0. The van der Waals surface area contributed by atoms with Crippen molar-refractivity contribution in [3.63, 3.8) is 0 Å². The van der Waals surface area contributed by atoms with E-state index in [0.29, 0.717) is 0 Å². The van der Waals surface area contributed by atoms with Crippen LogP contribution in [0, 0.1) is 6.92 Å². The van der Waals surface area contributed by atoms with Gasteiger partial charge in [-0.1, -0.05) is 22.0 Å². The Kier molecular flexibility index (Phi) is 3.12. The van der Waals surface area contributed by atoms with Crippen molar-refractivity contribution in [3.8, 4) is 0 Å². The molecular weight excluding hydrogens is 254 g/mol. The van der Waals surface area contributed by atoms with Crippen LogP contribution in [0.25, 0.3) is 10.9 Å². The molecule has 0 bridgehead atoms. The molecule has 2 rings (SSSR count). The summed E-state index contributed by atoms with van der Waals surface area (Å²) in [6.07, 6.45) is 3.79. The maximum absolute atomic E-state index is 8.82. The SMILES string of the molecule is Cc1c(Br)ccc2c(CCCO)c[nH]c12. The summed E-state index contributed by atoms with van der Waals surface area (Å²) < 4.78 is 1.13. The minimum absolute atomic E-state index is 0.252. The zero-order valence-corrected chi connectivity index (χ0v) is 10.3. The smallest absolute Gasteiger partial charge is 0.0497 e. The van der Waals surface area contributed by atoms with Crippen LogP contribution in [0.3, 0.4) is 0 Å². The van der Waals surface area contributed by atoms with Gasteiger partial charge >= 0.3 is 0 Å². The van der Waals surface area contributed by atoms with Crippen molar-refractivity contribution in [2.75, 3.05) is 6.61 Å². The molecule has 0 saturated heterocycles. The van der Waals surface area contributed by atoms with Crippen molar-refractivity contribution in [1.29, 1.82) is 0 Å². The number of benzene rings is 1. The maximum Gasteiger partial charge on any atom is 0.0497 e. The van der Waals surface area contributed by atoms with E-state index in [4.69, 9.17) is 5.11 Å². The van der Waals surface area contributed by atoms with E-state index in [1.807, 2.05) is 6.20 Å². The van der Waals surface area contributed by atoms with Gasteiger partial charge < -0.3 is 10.1 Å². The summed E-state index contributed by atoms with van der Waals surface area (Å²) in [6.45, 7) is 2.35. The molecule has 0 radical (unpaired) electrons. The number of rotatable bonds is 3. The minimum atomic E-state index is 0.252. The van der Waals surface area contributed by atoms with E-state index < -0.39 is 0 Å². The molecule has 3 heteroatoms. The number of hydrogen-bond donors (Lipinski definition) is 2. The van der Waals surface area contributed by atoms with Crippen LogP contribution in [-0.2, 0) is 6.42 Å². The lowest BCUT2D eigenvalue weighted by molar-refractivity contribution is 0.289. The third kappa shape index (κ3) is 1.94. The van der Waals surface area contributed by atoms with Crippen molar-refractivity contribution >= 4 is 26.8 Å². The van der Waals surface area contributed by atoms with Crippen molar-refractivity contribution in [2.45, 2.75) is 19.8 Å². The van der Waals surface area contributed by atoms with E-state index in [1.165, 1.54) is 22.0 Å². The van der Waals surface area contributed by atoms with Crippen molar-refractivity contribution in [1.82, 2.24) is 4.98 Å². The molecule has 0 unspecified atom stereocenters. The molecule has 15 heavy (non-hydrogen) atoms. The molecule has 2 N–H and O–H groups in total. The van der Waals surface area contributed by atoms with Crippen LogP contribution < -0.4 is 0 Å². The topological polar surface area (TPSA) is 36.0 Å². The van der Waals surface area contributed by atoms with Gasteiger partial charge in [0.15, 0.2) is 0 Å². The molecule has 0 fully saturated rings. The van der Waals surface area contributed by atoms with Gasteiger partial charge in [-0.3, -0.25) is 0 Å². The van der Waals surface area contributed by atoms with Gasteiger partial charge in [0, 0.05) is 28.2 Å². The first kappa shape index (κ1) is 10.7. The van der Waals surface area contributed by atoms with Gasteiger partial charge in [0.05, 0.1) is 0 Å². The number of hydrogen-bond acceptors (Lipinski definition) is 1. The molecule has 0 aliphatic heterocycles. The van der Waals surface area contributed by atoms with E-state index in [9.17, 15) is 0 Å². The molecular formula is C12H14BrNO. The van der Waals surface area contributed by atoms with Gasteiger partial charge in [-0.2, -0.15) is 0 Å². The number of aryl methyl sites for hydroxylation is 2.